The molecule has 0 aromatic heterocycles. The molecule has 174 valence electrons. The van der Waals surface area contributed by atoms with Crippen LogP contribution in [0.15, 0.2) is 72.8 Å². The highest BCUT2D eigenvalue weighted by Crippen LogP contribution is 2.28. The van der Waals surface area contributed by atoms with Crippen LogP contribution in [0.4, 0.5) is 0 Å². The normalized spacial score (nSPS) is 13.6. The van der Waals surface area contributed by atoms with Crippen LogP contribution < -0.4 is 0 Å². The largest absolute Gasteiger partial charge is 0.551 e. The Bertz CT molecular complexity index is 1020. The minimum Gasteiger partial charge on any atom is -0.319 e. The quantitative estimate of drug-likeness (QED) is 0.276. The maximum atomic E-state index is 13.7. The van der Waals surface area contributed by atoms with Crippen LogP contribution in [0, 0.1) is 0 Å². The highest BCUT2D eigenvalue weighted by atomic mass is 35.5. The molecule has 0 aliphatic rings. The van der Waals surface area contributed by atoms with E-state index >= 15 is 0 Å². The van der Waals surface area contributed by atoms with Gasteiger partial charge in [0.05, 0.1) is 13.9 Å². The standard InChI is InChI=1S/3C9H8ClO.Al/c3*1-7(6-11)8-2-4-9(10)5-3-8;/h3*2-5,7H,1H3;. The molecule has 0 saturated carbocycles. The smallest absolute Gasteiger partial charge is 0.319 e. The molecule has 0 heterocycles. The monoisotopic (exact) mass is 528 g/mol. The van der Waals surface area contributed by atoms with Gasteiger partial charge in [-0.2, -0.15) is 0 Å². The van der Waals surface area contributed by atoms with Crippen LogP contribution in [-0.2, 0) is 14.4 Å². The third-order valence-corrected chi connectivity index (χ3v) is 10.2. The van der Waals surface area contributed by atoms with Crippen molar-refractivity contribution in [2.24, 2.45) is 0 Å². The Morgan fingerprint density at radius 3 is 0.912 bits per heavy atom. The van der Waals surface area contributed by atoms with Crippen molar-refractivity contribution in [2.45, 2.75) is 38.5 Å². The van der Waals surface area contributed by atoms with Gasteiger partial charge in [0, 0.05) is 32.8 Å². The molecule has 3 aromatic rings. The Hall–Kier alpha value is -1.93. The summed E-state index contributed by atoms with van der Waals surface area (Å²) in [5, 5.41) is 1.66. The molecule has 7 heteroatoms. The SMILES string of the molecule is CC([C](=O)[Al]([C](=O)C(C)c1ccc(Cl)cc1)[C](=O)C(C)c1ccc(Cl)cc1)c1ccc(Cl)cc1. The van der Waals surface area contributed by atoms with E-state index in [1.807, 2.05) is 0 Å². The highest BCUT2D eigenvalue weighted by Gasteiger charge is 2.49. The zero-order valence-electron chi connectivity index (χ0n) is 19.1. The van der Waals surface area contributed by atoms with Crippen molar-refractivity contribution in [3.63, 3.8) is 0 Å². The first-order valence-corrected chi connectivity index (χ1v) is 13.8. The number of rotatable bonds is 9. The van der Waals surface area contributed by atoms with Gasteiger partial charge in [-0.05, 0) is 53.1 Å². The summed E-state index contributed by atoms with van der Waals surface area (Å²) in [4.78, 5) is 41.2. The lowest BCUT2D eigenvalue weighted by molar-refractivity contribution is -0.120. The molecule has 0 saturated heterocycles. The van der Waals surface area contributed by atoms with E-state index in [1.54, 1.807) is 93.6 Å². The van der Waals surface area contributed by atoms with Gasteiger partial charge in [0.2, 0.25) is 0 Å². The number of carbonyl (C=O) groups excluding carboxylic acids is 3. The fourth-order valence-electron chi connectivity index (χ4n) is 3.92. The second-order valence-electron chi connectivity index (χ2n) is 8.46. The highest BCUT2D eigenvalue weighted by molar-refractivity contribution is 7.28. The van der Waals surface area contributed by atoms with Gasteiger partial charge >= 0.3 is 14.1 Å². The second-order valence-corrected chi connectivity index (χ2v) is 12.3. The molecule has 0 aliphatic carbocycles. The van der Waals surface area contributed by atoms with Crippen LogP contribution in [0.1, 0.15) is 55.2 Å². The van der Waals surface area contributed by atoms with E-state index in [4.69, 9.17) is 34.8 Å². The average molecular weight is 530 g/mol. The summed E-state index contributed by atoms with van der Waals surface area (Å²) in [6.45, 7) is 5.23. The topological polar surface area (TPSA) is 51.2 Å². The molecule has 0 spiro atoms. The van der Waals surface area contributed by atoms with E-state index in [2.05, 4.69) is 0 Å². The molecule has 0 radical (unpaired) electrons. The number of benzene rings is 3. The van der Waals surface area contributed by atoms with Crippen LogP contribution in [-0.4, -0.2) is 28.1 Å². The van der Waals surface area contributed by atoms with Crippen LogP contribution in [0.3, 0.4) is 0 Å². The second kappa shape index (κ2) is 11.7. The number of hydrogen-bond acceptors (Lipinski definition) is 3. The van der Waals surface area contributed by atoms with Crippen LogP contribution in [0.2, 0.25) is 15.1 Å². The van der Waals surface area contributed by atoms with E-state index < -0.39 is 31.9 Å². The van der Waals surface area contributed by atoms with Crippen molar-refractivity contribution < 1.29 is 14.4 Å². The van der Waals surface area contributed by atoms with Gasteiger partial charge in [-0.3, -0.25) is 0 Å². The number of hydrogen-bond donors (Lipinski definition) is 0. The van der Waals surface area contributed by atoms with Crippen LogP contribution in [0.25, 0.3) is 0 Å². The lowest BCUT2D eigenvalue weighted by Crippen LogP contribution is -2.49. The van der Waals surface area contributed by atoms with Crippen molar-refractivity contribution >= 4 is 62.9 Å². The molecule has 0 bridgehead atoms. The lowest BCUT2D eigenvalue weighted by Gasteiger charge is -2.21. The third-order valence-electron chi connectivity index (χ3n) is 6.24. The van der Waals surface area contributed by atoms with Gasteiger partial charge in [-0.25, -0.2) is 0 Å². The van der Waals surface area contributed by atoms with Crippen molar-refractivity contribution in [1.29, 1.82) is 0 Å². The zero-order chi connectivity index (χ0) is 25.0. The molecule has 3 unspecified atom stereocenters. The molecule has 3 aromatic carbocycles. The molecule has 3 atom stereocenters. The Balaban J connectivity index is 1.98. The first-order chi connectivity index (χ1) is 16.1. The van der Waals surface area contributed by atoms with E-state index in [1.165, 1.54) is 0 Å². The molecule has 0 amide bonds. The van der Waals surface area contributed by atoms with Crippen molar-refractivity contribution in [3.05, 3.63) is 105 Å². The fraction of sp³-hybridized carbons (Fsp3) is 0.222. The summed E-state index contributed by atoms with van der Waals surface area (Å²) < 4.78 is -0.878. The van der Waals surface area contributed by atoms with Gasteiger partial charge in [0.15, 0.2) is 0 Å². The van der Waals surface area contributed by atoms with Gasteiger partial charge in [0.25, 0.3) is 0 Å². The summed E-state index contributed by atoms with van der Waals surface area (Å²) in [6.07, 6.45) is 0. The minimum absolute atomic E-state index is 0.293. The Morgan fingerprint density at radius 1 is 0.500 bits per heavy atom. The lowest BCUT2D eigenvalue weighted by atomic mass is 10.0. The molecular weight excluding hydrogens is 506 g/mol. The summed E-state index contributed by atoms with van der Waals surface area (Å²) in [5.41, 5.74) is 2.18. The van der Waals surface area contributed by atoms with E-state index in [0.717, 1.165) is 16.7 Å². The van der Waals surface area contributed by atoms with E-state index in [0.29, 0.717) is 15.1 Å². The van der Waals surface area contributed by atoms with Gasteiger partial charge < -0.3 is 14.4 Å². The Labute approximate surface area is 219 Å². The van der Waals surface area contributed by atoms with Gasteiger partial charge in [-0.1, -0.05) is 92.0 Å². The average Bonchev–Trinajstić information content (AvgIpc) is 2.84. The minimum atomic E-state index is -3.25. The maximum Gasteiger partial charge on any atom is 0.551 e. The molecule has 3 rings (SSSR count). The molecule has 34 heavy (non-hydrogen) atoms. The van der Waals surface area contributed by atoms with E-state index in [-0.39, 0.29) is 13.9 Å². The van der Waals surface area contributed by atoms with Crippen LogP contribution in [0.5, 0.6) is 0 Å². The summed E-state index contributed by atoms with van der Waals surface area (Å²) in [6, 6.07) is 20.8. The van der Waals surface area contributed by atoms with E-state index in [9.17, 15) is 14.4 Å². The van der Waals surface area contributed by atoms with Crippen LogP contribution >= 0.6 is 34.8 Å². The zero-order valence-corrected chi connectivity index (χ0v) is 22.5. The van der Waals surface area contributed by atoms with Gasteiger partial charge in [0.1, 0.15) is 0 Å². The summed E-state index contributed by atoms with van der Waals surface area (Å²) in [7, 11) is 0. The molecule has 0 fully saturated rings. The maximum absolute atomic E-state index is 13.7. The first kappa shape index (κ1) is 26.7. The first-order valence-electron chi connectivity index (χ1n) is 11.0. The third kappa shape index (κ3) is 6.19. The van der Waals surface area contributed by atoms with Gasteiger partial charge in [-0.15, -0.1) is 0 Å². The fourth-order valence-corrected chi connectivity index (χ4v) is 7.21. The Kier molecular flexibility index (Phi) is 9.15. The summed E-state index contributed by atoms with van der Waals surface area (Å²) >= 11 is 14.7. The number of halogens is 3. The summed E-state index contributed by atoms with van der Waals surface area (Å²) in [5.74, 6) is -1.80. The molecule has 0 aliphatic heterocycles. The molecule has 3 nitrogen and oxygen atoms in total. The Morgan fingerprint density at radius 2 is 0.706 bits per heavy atom. The molecule has 0 N–H and O–H groups in total. The predicted octanol–water partition coefficient (Wildman–Crippen LogP) is 7.18. The van der Waals surface area contributed by atoms with Crippen molar-refractivity contribution in [3.8, 4) is 0 Å². The molecular formula is C27H24AlCl3O3. The van der Waals surface area contributed by atoms with Crippen molar-refractivity contribution in [1.82, 2.24) is 0 Å². The van der Waals surface area contributed by atoms with Crippen molar-refractivity contribution in [2.75, 3.05) is 0 Å². The predicted molar refractivity (Wildman–Crippen MR) is 140 cm³/mol. The number of carbonyl (C=O) groups is 3.